The molecule has 0 fully saturated rings. The predicted molar refractivity (Wildman–Crippen MR) is 70.5 cm³/mol. The number of nitrogens with one attached hydrogen (secondary N) is 1. The largest absolute Gasteiger partial charge is 0.379 e. The second-order valence-electron chi connectivity index (χ2n) is 3.69. The number of hydrogen-bond acceptors (Lipinski definition) is 3. The quantitative estimate of drug-likeness (QED) is 0.722. The van der Waals surface area contributed by atoms with Crippen LogP contribution < -0.4 is 11.1 Å². The number of anilines is 1. The molecule has 0 aromatic heterocycles. The van der Waals surface area contributed by atoms with Crippen LogP contribution in [0.1, 0.15) is 12.8 Å². The van der Waals surface area contributed by atoms with Gasteiger partial charge in [0.2, 0.25) is 0 Å². The summed E-state index contributed by atoms with van der Waals surface area (Å²) < 4.78 is 13.4. The smallest absolute Gasteiger partial charge is 0.146 e. The molecule has 90 valence electrons. The van der Waals surface area contributed by atoms with Crippen LogP contribution in [0.2, 0.25) is 0 Å². The Labute approximate surface area is 101 Å². The van der Waals surface area contributed by atoms with Gasteiger partial charge in [-0.2, -0.15) is 11.8 Å². The zero-order chi connectivity index (χ0) is 11.8. The first-order valence-electron chi connectivity index (χ1n) is 5.48. The Morgan fingerprint density at radius 1 is 1.44 bits per heavy atom. The third-order valence-corrected chi connectivity index (χ3v) is 3.12. The van der Waals surface area contributed by atoms with E-state index in [2.05, 4.69) is 11.6 Å². The minimum atomic E-state index is -0.217. The molecule has 0 aliphatic carbocycles. The molecule has 0 saturated heterocycles. The van der Waals surface area contributed by atoms with Crippen molar-refractivity contribution in [1.82, 2.24) is 0 Å². The molecule has 0 amide bonds. The molecule has 1 aromatic rings. The molecular formula is C12H19FN2S. The lowest BCUT2D eigenvalue weighted by Crippen LogP contribution is -2.29. The number of rotatable bonds is 7. The first-order valence-corrected chi connectivity index (χ1v) is 6.87. The average molecular weight is 242 g/mol. The van der Waals surface area contributed by atoms with E-state index in [1.165, 1.54) is 6.07 Å². The summed E-state index contributed by atoms with van der Waals surface area (Å²) in [6.07, 6.45) is 4.16. The van der Waals surface area contributed by atoms with Crippen LogP contribution in [0.15, 0.2) is 24.3 Å². The number of benzene rings is 1. The SMILES string of the molecule is CSCCCC(CN)Nc1ccccc1F. The molecule has 4 heteroatoms. The lowest BCUT2D eigenvalue weighted by molar-refractivity contribution is 0.612. The number of halogens is 1. The van der Waals surface area contributed by atoms with Crippen molar-refractivity contribution in [2.45, 2.75) is 18.9 Å². The topological polar surface area (TPSA) is 38.0 Å². The minimum Gasteiger partial charge on any atom is -0.379 e. The van der Waals surface area contributed by atoms with Gasteiger partial charge in [0.1, 0.15) is 5.82 Å². The van der Waals surface area contributed by atoms with Crippen molar-refractivity contribution in [3.8, 4) is 0 Å². The Kier molecular flexibility index (Phi) is 6.26. The second-order valence-corrected chi connectivity index (χ2v) is 4.68. The van der Waals surface area contributed by atoms with Crippen molar-refractivity contribution in [2.24, 2.45) is 5.73 Å². The van der Waals surface area contributed by atoms with E-state index in [-0.39, 0.29) is 11.9 Å². The summed E-state index contributed by atoms with van der Waals surface area (Å²) in [5, 5.41) is 3.15. The average Bonchev–Trinajstić information content (AvgIpc) is 2.30. The molecule has 1 unspecified atom stereocenters. The van der Waals surface area contributed by atoms with Crippen LogP contribution >= 0.6 is 11.8 Å². The molecule has 1 rings (SSSR count). The first kappa shape index (κ1) is 13.3. The zero-order valence-electron chi connectivity index (χ0n) is 9.58. The van der Waals surface area contributed by atoms with Crippen molar-refractivity contribution in [3.05, 3.63) is 30.1 Å². The number of para-hydroxylation sites is 1. The van der Waals surface area contributed by atoms with Crippen molar-refractivity contribution in [3.63, 3.8) is 0 Å². The monoisotopic (exact) mass is 242 g/mol. The van der Waals surface area contributed by atoms with E-state index in [4.69, 9.17) is 5.73 Å². The van der Waals surface area contributed by atoms with Gasteiger partial charge >= 0.3 is 0 Å². The molecule has 0 aliphatic rings. The molecule has 0 aliphatic heterocycles. The summed E-state index contributed by atoms with van der Waals surface area (Å²) in [4.78, 5) is 0. The third-order valence-electron chi connectivity index (χ3n) is 2.42. The van der Waals surface area contributed by atoms with E-state index in [0.29, 0.717) is 12.2 Å². The summed E-state index contributed by atoms with van der Waals surface area (Å²) in [6, 6.07) is 6.86. The Balaban J connectivity index is 2.46. The minimum absolute atomic E-state index is 0.157. The summed E-state index contributed by atoms with van der Waals surface area (Å²) in [5.41, 5.74) is 6.20. The van der Waals surface area contributed by atoms with Crippen LogP contribution in [0.4, 0.5) is 10.1 Å². The van der Waals surface area contributed by atoms with Gasteiger partial charge in [-0.15, -0.1) is 0 Å². The maximum Gasteiger partial charge on any atom is 0.146 e. The van der Waals surface area contributed by atoms with E-state index in [1.54, 1.807) is 12.1 Å². The number of hydrogen-bond donors (Lipinski definition) is 2. The zero-order valence-corrected chi connectivity index (χ0v) is 10.4. The highest BCUT2D eigenvalue weighted by Crippen LogP contribution is 2.15. The maximum absolute atomic E-state index is 13.4. The van der Waals surface area contributed by atoms with Gasteiger partial charge in [0.05, 0.1) is 5.69 Å². The molecule has 2 nitrogen and oxygen atoms in total. The van der Waals surface area contributed by atoms with E-state index in [0.717, 1.165) is 18.6 Å². The molecule has 16 heavy (non-hydrogen) atoms. The van der Waals surface area contributed by atoms with Gasteiger partial charge in [-0.05, 0) is 37.0 Å². The molecule has 0 saturated carbocycles. The van der Waals surface area contributed by atoms with Crippen LogP contribution in [0.25, 0.3) is 0 Å². The fraction of sp³-hybridized carbons (Fsp3) is 0.500. The highest BCUT2D eigenvalue weighted by atomic mass is 32.2. The van der Waals surface area contributed by atoms with Gasteiger partial charge in [-0.25, -0.2) is 4.39 Å². The highest BCUT2D eigenvalue weighted by molar-refractivity contribution is 7.98. The molecular weight excluding hydrogens is 223 g/mol. The Hall–Kier alpha value is -0.740. The van der Waals surface area contributed by atoms with E-state index in [1.807, 2.05) is 17.8 Å². The van der Waals surface area contributed by atoms with Crippen molar-refractivity contribution in [2.75, 3.05) is 23.9 Å². The van der Waals surface area contributed by atoms with E-state index >= 15 is 0 Å². The lowest BCUT2D eigenvalue weighted by Gasteiger charge is -2.18. The summed E-state index contributed by atoms with van der Waals surface area (Å²) in [6.45, 7) is 0.530. The second kappa shape index (κ2) is 7.52. The van der Waals surface area contributed by atoms with E-state index < -0.39 is 0 Å². The maximum atomic E-state index is 13.4. The van der Waals surface area contributed by atoms with Crippen LogP contribution in [0.3, 0.4) is 0 Å². The highest BCUT2D eigenvalue weighted by Gasteiger charge is 2.08. The lowest BCUT2D eigenvalue weighted by atomic mass is 10.1. The van der Waals surface area contributed by atoms with Crippen molar-refractivity contribution < 1.29 is 4.39 Å². The molecule has 0 radical (unpaired) electrons. The summed E-state index contributed by atoms with van der Waals surface area (Å²) in [7, 11) is 0. The fourth-order valence-electron chi connectivity index (χ4n) is 1.52. The Morgan fingerprint density at radius 3 is 2.81 bits per heavy atom. The standard InChI is InChI=1S/C12H19FN2S/c1-16-8-4-5-10(9-14)15-12-7-3-2-6-11(12)13/h2-3,6-7,10,15H,4-5,8-9,14H2,1H3. The Bertz CT molecular complexity index is 307. The molecule has 0 heterocycles. The van der Waals surface area contributed by atoms with Gasteiger partial charge in [-0.3, -0.25) is 0 Å². The molecule has 1 atom stereocenters. The van der Waals surface area contributed by atoms with Crippen LogP contribution in [0, 0.1) is 5.82 Å². The van der Waals surface area contributed by atoms with Gasteiger partial charge in [0, 0.05) is 12.6 Å². The first-order chi connectivity index (χ1) is 7.77. The number of thioether (sulfide) groups is 1. The van der Waals surface area contributed by atoms with Crippen molar-refractivity contribution >= 4 is 17.4 Å². The Morgan fingerprint density at radius 2 is 2.19 bits per heavy atom. The van der Waals surface area contributed by atoms with Gasteiger partial charge < -0.3 is 11.1 Å². The molecule has 0 bridgehead atoms. The van der Waals surface area contributed by atoms with E-state index in [9.17, 15) is 4.39 Å². The van der Waals surface area contributed by atoms with Crippen LogP contribution in [-0.2, 0) is 0 Å². The fourth-order valence-corrected chi connectivity index (χ4v) is 1.98. The normalized spacial score (nSPS) is 12.4. The van der Waals surface area contributed by atoms with Gasteiger partial charge in [0.25, 0.3) is 0 Å². The number of nitrogens with two attached hydrogens (primary N) is 1. The molecule has 3 N–H and O–H groups in total. The predicted octanol–water partition coefficient (Wildman–Crippen LogP) is 2.71. The van der Waals surface area contributed by atoms with Crippen LogP contribution in [0.5, 0.6) is 0 Å². The van der Waals surface area contributed by atoms with Gasteiger partial charge in [-0.1, -0.05) is 12.1 Å². The van der Waals surface area contributed by atoms with Crippen molar-refractivity contribution in [1.29, 1.82) is 0 Å². The molecule has 0 spiro atoms. The summed E-state index contributed by atoms with van der Waals surface area (Å²) in [5.74, 6) is 0.904. The molecule has 1 aromatic carbocycles. The third kappa shape index (κ3) is 4.41. The van der Waals surface area contributed by atoms with Crippen LogP contribution in [-0.4, -0.2) is 24.6 Å². The summed E-state index contributed by atoms with van der Waals surface area (Å²) >= 11 is 1.82. The van der Waals surface area contributed by atoms with Gasteiger partial charge in [0.15, 0.2) is 0 Å².